The zero-order valence-corrected chi connectivity index (χ0v) is 11.5. The number of hydrogen-bond acceptors (Lipinski definition) is 2. The van der Waals surface area contributed by atoms with Crippen LogP contribution in [-0.4, -0.2) is 12.6 Å². The van der Waals surface area contributed by atoms with E-state index in [2.05, 4.69) is 13.8 Å². The van der Waals surface area contributed by atoms with Crippen LogP contribution in [0.5, 0.6) is 0 Å². The van der Waals surface area contributed by atoms with E-state index < -0.39 is 0 Å². The van der Waals surface area contributed by atoms with Crippen LogP contribution >= 0.6 is 0 Å². The molecule has 0 amide bonds. The summed E-state index contributed by atoms with van der Waals surface area (Å²) in [5.41, 5.74) is 0. The van der Waals surface area contributed by atoms with Gasteiger partial charge in [0.25, 0.3) is 0 Å². The Morgan fingerprint density at radius 2 is 1.47 bits per heavy atom. The molecule has 0 fully saturated rings. The van der Waals surface area contributed by atoms with Gasteiger partial charge in [-0.2, -0.15) is 0 Å². The van der Waals surface area contributed by atoms with Gasteiger partial charge in [-0.15, -0.1) is 0 Å². The van der Waals surface area contributed by atoms with Crippen molar-refractivity contribution in [2.45, 2.75) is 71.6 Å². The van der Waals surface area contributed by atoms with Crippen molar-refractivity contribution in [2.75, 3.05) is 0 Å². The van der Waals surface area contributed by atoms with Crippen molar-refractivity contribution in [1.82, 2.24) is 0 Å². The molecule has 2 heteroatoms. The zero-order valence-electron chi connectivity index (χ0n) is 11.5. The Labute approximate surface area is 106 Å². The molecule has 0 aromatic carbocycles. The van der Waals surface area contributed by atoms with Crippen molar-refractivity contribution >= 4 is 12.6 Å². The third kappa shape index (κ3) is 8.12. The summed E-state index contributed by atoms with van der Waals surface area (Å²) in [5.74, 6) is 0.386. The average Bonchev–Trinajstić information content (AvgIpc) is 2.34. The van der Waals surface area contributed by atoms with Gasteiger partial charge in [0.1, 0.15) is 12.6 Å². The van der Waals surface area contributed by atoms with Gasteiger partial charge < -0.3 is 9.59 Å². The quantitative estimate of drug-likeness (QED) is 0.379. The lowest BCUT2D eigenvalue weighted by Crippen LogP contribution is -2.17. The predicted octanol–water partition coefficient (Wildman–Crippen LogP) is 4.17. The van der Waals surface area contributed by atoms with Crippen LogP contribution < -0.4 is 0 Å². The van der Waals surface area contributed by atoms with Gasteiger partial charge in [-0.1, -0.05) is 52.4 Å². The number of unbranched alkanes of at least 4 members (excludes halogenated alkanes) is 4. The maximum absolute atomic E-state index is 11.1. The molecule has 0 aliphatic rings. The zero-order chi connectivity index (χ0) is 12.9. The molecule has 0 N–H and O–H groups in total. The molecule has 17 heavy (non-hydrogen) atoms. The van der Waals surface area contributed by atoms with E-state index in [0.29, 0.717) is 6.42 Å². The van der Waals surface area contributed by atoms with Gasteiger partial charge in [0, 0.05) is 12.3 Å². The average molecular weight is 240 g/mol. The Balaban J connectivity index is 4.09. The molecule has 0 saturated heterocycles. The molecule has 2 nitrogen and oxygen atoms in total. The molecule has 0 aromatic heterocycles. The lowest BCUT2D eigenvalue weighted by molar-refractivity contribution is -0.114. The van der Waals surface area contributed by atoms with E-state index in [-0.39, 0.29) is 11.8 Å². The molecule has 0 heterocycles. The largest absolute Gasteiger partial charge is 0.303 e. The van der Waals surface area contributed by atoms with Crippen LogP contribution in [0.15, 0.2) is 0 Å². The molecule has 0 bridgehead atoms. The van der Waals surface area contributed by atoms with Crippen molar-refractivity contribution < 1.29 is 9.59 Å². The van der Waals surface area contributed by atoms with E-state index in [9.17, 15) is 9.59 Å². The Morgan fingerprint density at radius 3 is 1.94 bits per heavy atom. The van der Waals surface area contributed by atoms with E-state index in [1.807, 2.05) is 0 Å². The summed E-state index contributed by atoms with van der Waals surface area (Å²) in [7, 11) is 0. The summed E-state index contributed by atoms with van der Waals surface area (Å²) < 4.78 is 0. The highest BCUT2D eigenvalue weighted by molar-refractivity contribution is 5.57. The number of hydrogen-bond donors (Lipinski definition) is 0. The molecule has 0 aliphatic carbocycles. The maximum Gasteiger partial charge on any atom is 0.123 e. The van der Waals surface area contributed by atoms with E-state index in [1.54, 1.807) is 0 Å². The molecular formula is C15H28O2. The van der Waals surface area contributed by atoms with Gasteiger partial charge in [-0.25, -0.2) is 0 Å². The van der Waals surface area contributed by atoms with E-state index in [0.717, 1.165) is 38.3 Å². The molecule has 0 saturated carbocycles. The molecule has 0 radical (unpaired) electrons. The fraction of sp³-hybridized carbons (Fsp3) is 0.867. The van der Waals surface area contributed by atoms with Gasteiger partial charge in [-0.3, -0.25) is 0 Å². The monoisotopic (exact) mass is 240 g/mol. The first-order chi connectivity index (χ1) is 8.29. The first-order valence-corrected chi connectivity index (χ1v) is 7.19. The van der Waals surface area contributed by atoms with E-state index in [4.69, 9.17) is 0 Å². The van der Waals surface area contributed by atoms with Crippen LogP contribution in [-0.2, 0) is 9.59 Å². The molecule has 0 spiro atoms. The standard InChI is InChI=1S/C15H28O2/c1-3-5-7-9-14(11-12-16)15(13-17)10-8-6-4-2/h12-15H,3-11H2,1-2H3. The van der Waals surface area contributed by atoms with Crippen LogP contribution in [0.4, 0.5) is 0 Å². The fourth-order valence-corrected chi connectivity index (χ4v) is 2.33. The number of carbonyl (C=O) groups is 2. The molecule has 0 rings (SSSR count). The van der Waals surface area contributed by atoms with Gasteiger partial charge in [0.15, 0.2) is 0 Å². The highest BCUT2D eigenvalue weighted by Gasteiger charge is 2.19. The summed E-state index contributed by atoms with van der Waals surface area (Å²) in [5, 5.41) is 0. The van der Waals surface area contributed by atoms with Crippen molar-refractivity contribution in [1.29, 1.82) is 0 Å². The molecular weight excluding hydrogens is 212 g/mol. The normalized spacial score (nSPS) is 14.2. The second-order valence-electron chi connectivity index (χ2n) is 4.95. The Morgan fingerprint density at radius 1 is 0.882 bits per heavy atom. The maximum atomic E-state index is 11.1. The summed E-state index contributed by atoms with van der Waals surface area (Å²) in [6.07, 6.45) is 11.6. The molecule has 100 valence electrons. The molecule has 0 aliphatic heterocycles. The minimum Gasteiger partial charge on any atom is -0.303 e. The van der Waals surface area contributed by atoms with Gasteiger partial charge in [0.05, 0.1) is 0 Å². The van der Waals surface area contributed by atoms with Crippen LogP contribution in [0.3, 0.4) is 0 Å². The Kier molecular flexibility index (Phi) is 11.4. The van der Waals surface area contributed by atoms with Gasteiger partial charge in [-0.05, 0) is 18.8 Å². The van der Waals surface area contributed by atoms with E-state index >= 15 is 0 Å². The second kappa shape index (κ2) is 11.8. The van der Waals surface area contributed by atoms with Gasteiger partial charge in [0.2, 0.25) is 0 Å². The number of rotatable bonds is 12. The molecule has 0 aromatic rings. The first kappa shape index (κ1) is 16.3. The van der Waals surface area contributed by atoms with E-state index in [1.165, 1.54) is 25.7 Å². The summed E-state index contributed by atoms with van der Waals surface area (Å²) >= 11 is 0. The first-order valence-electron chi connectivity index (χ1n) is 7.19. The van der Waals surface area contributed by atoms with Crippen molar-refractivity contribution in [3.8, 4) is 0 Å². The molecule has 2 atom stereocenters. The number of carbonyl (C=O) groups excluding carboxylic acids is 2. The summed E-state index contributed by atoms with van der Waals surface area (Å²) in [6, 6.07) is 0. The smallest absolute Gasteiger partial charge is 0.123 e. The van der Waals surface area contributed by atoms with Crippen molar-refractivity contribution in [3.63, 3.8) is 0 Å². The van der Waals surface area contributed by atoms with Crippen LogP contribution in [0.1, 0.15) is 71.6 Å². The molecule has 2 unspecified atom stereocenters. The minimum absolute atomic E-state index is 0.101. The topological polar surface area (TPSA) is 34.1 Å². The van der Waals surface area contributed by atoms with Crippen LogP contribution in [0.2, 0.25) is 0 Å². The third-order valence-electron chi connectivity index (χ3n) is 3.50. The highest BCUT2D eigenvalue weighted by atomic mass is 16.1. The predicted molar refractivity (Wildman–Crippen MR) is 72.0 cm³/mol. The Bertz CT molecular complexity index is 189. The Hall–Kier alpha value is -0.660. The summed E-state index contributed by atoms with van der Waals surface area (Å²) in [6.45, 7) is 4.34. The van der Waals surface area contributed by atoms with Crippen molar-refractivity contribution in [2.24, 2.45) is 11.8 Å². The summed E-state index contributed by atoms with van der Waals surface area (Å²) in [4.78, 5) is 21.8. The minimum atomic E-state index is 0.101. The van der Waals surface area contributed by atoms with Crippen molar-refractivity contribution in [3.05, 3.63) is 0 Å². The lowest BCUT2D eigenvalue weighted by Gasteiger charge is -2.20. The highest BCUT2D eigenvalue weighted by Crippen LogP contribution is 2.25. The SMILES string of the molecule is CCCCCC(C=O)C(CC=O)CCCCC. The fourth-order valence-electron chi connectivity index (χ4n) is 2.33. The number of aldehydes is 2. The van der Waals surface area contributed by atoms with Crippen LogP contribution in [0, 0.1) is 11.8 Å². The third-order valence-corrected chi connectivity index (χ3v) is 3.50. The lowest BCUT2D eigenvalue weighted by atomic mass is 9.83. The van der Waals surface area contributed by atoms with Crippen LogP contribution in [0.25, 0.3) is 0 Å². The second-order valence-corrected chi connectivity index (χ2v) is 4.95. The van der Waals surface area contributed by atoms with Gasteiger partial charge >= 0.3 is 0 Å².